The average Bonchev–Trinajstić information content (AvgIpc) is 2.82. The maximum atomic E-state index is 5.95. The van der Waals surface area contributed by atoms with Gasteiger partial charge in [-0.25, -0.2) is 4.31 Å². The lowest BCUT2D eigenvalue weighted by molar-refractivity contribution is 0.103. The number of ether oxygens (including phenoxy) is 3. The molecule has 33 heavy (non-hydrogen) atoms. The van der Waals surface area contributed by atoms with Crippen molar-refractivity contribution >= 4 is 43.8 Å². The first-order valence-electron chi connectivity index (χ1n) is 10.6. The Morgan fingerprint density at radius 1 is 0.788 bits per heavy atom. The molecule has 0 spiro atoms. The number of hydrogen-bond acceptors (Lipinski definition) is 5. The van der Waals surface area contributed by atoms with Crippen molar-refractivity contribution in [2.45, 2.75) is 31.4 Å². The van der Waals surface area contributed by atoms with Crippen LogP contribution in [0.3, 0.4) is 0 Å². The number of nitrogens with zero attached hydrogens (tertiary/aromatic N) is 1. The monoisotopic (exact) mass is 593 g/mol. The van der Waals surface area contributed by atoms with Crippen LogP contribution in [0.2, 0.25) is 0 Å². The fourth-order valence-corrected chi connectivity index (χ4v) is 6.15. The van der Waals surface area contributed by atoms with E-state index in [9.17, 15) is 0 Å². The van der Waals surface area contributed by atoms with Gasteiger partial charge in [-0.15, -0.1) is 0 Å². The molecule has 2 atom stereocenters. The largest absolute Gasteiger partial charge is 0.497 e. The Labute approximate surface area is 218 Å². The van der Waals surface area contributed by atoms with Gasteiger partial charge in [0.2, 0.25) is 0 Å². The smallest absolute Gasteiger partial charge is 0.118 e. The van der Waals surface area contributed by atoms with E-state index in [2.05, 4.69) is 85.6 Å². The van der Waals surface area contributed by atoms with E-state index in [0.717, 1.165) is 39.1 Å². The van der Waals surface area contributed by atoms with Gasteiger partial charge >= 0.3 is 0 Å². The van der Waals surface area contributed by atoms with Gasteiger partial charge in [-0.05, 0) is 60.0 Å². The molecule has 0 heterocycles. The summed E-state index contributed by atoms with van der Waals surface area (Å²) in [5.41, 5.74) is 3.58. The van der Waals surface area contributed by atoms with Crippen LogP contribution < -0.4 is 9.47 Å². The minimum absolute atomic E-state index is 0.0632. The normalized spacial score (nSPS) is 13.1. The summed E-state index contributed by atoms with van der Waals surface area (Å²) in [5, 5.41) is 0.184. The molecule has 176 valence electrons. The van der Waals surface area contributed by atoms with Crippen molar-refractivity contribution in [1.82, 2.24) is 4.31 Å². The van der Waals surface area contributed by atoms with E-state index >= 15 is 0 Å². The third-order valence-corrected chi connectivity index (χ3v) is 7.62. The number of benzene rings is 3. The molecule has 0 aliphatic heterocycles. The Hall–Kier alpha value is -1.51. The number of halogens is 2. The molecule has 0 aliphatic rings. The zero-order valence-corrected chi connectivity index (χ0v) is 23.2. The van der Waals surface area contributed by atoms with E-state index in [0.29, 0.717) is 0 Å². The molecule has 7 heteroatoms. The van der Waals surface area contributed by atoms with Gasteiger partial charge < -0.3 is 14.2 Å². The third-order valence-electron chi connectivity index (χ3n) is 5.30. The van der Waals surface area contributed by atoms with Gasteiger partial charge in [0.05, 0.1) is 20.3 Å². The minimum atomic E-state index is -0.0632. The van der Waals surface area contributed by atoms with Crippen LogP contribution in [0, 0.1) is 0 Å². The highest BCUT2D eigenvalue weighted by Crippen LogP contribution is 2.37. The minimum Gasteiger partial charge on any atom is -0.497 e. The Bertz CT molecular complexity index is 966. The molecule has 3 aromatic rings. The first kappa shape index (κ1) is 26.1. The molecule has 0 bridgehead atoms. The van der Waals surface area contributed by atoms with E-state index in [1.165, 1.54) is 11.1 Å². The van der Waals surface area contributed by atoms with Crippen molar-refractivity contribution < 1.29 is 14.2 Å². The average molecular weight is 595 g/mol. The molecule has 0 N–H and O–H groups in total. The van der Waals surface area contributed by atoms with Crippen LogP contribution in [0.15, 0.2) is 75.7 Å². The fraction of sp³-hybridized carbons (Fsp3) is 0.308. The molecule has 3 rings (SSSR count). The lowest BCUT2D eigenvalue weighted by atomic mass is 10.1. The Kier molecular flexibility index (Phi) is 10.1. The molecule has 2 unspecified atom stereocenters. The van der Waals surface area contributed by atoms with Crippen LogP contribution in [0.25, 0.3) is 0 Å². The number of methoxy groups -OCH3 is 3. The van der Waals surface area contributed by atoms with Gasteiger partial charge in [0.15, 0.2) is 0 Å². The van der Waals surface area contributed by atoms with E-state index in [1.807, 2.05) is 36.2 Å². The molecule has 0 amide bonds. The number of rotatable bonds is 11. The molecule has 0 radical (unpaired) electrons. The summed E-state index contributed by atoms with van der Waals surface area (Å²) in [4.78, 5) is 0. The van der Waals surface area contributed by atoms with Gasteiger partial charge in [-0.1, -0.05) is 74.1 Å². The van der Waals surface area contributed by atoms with Gasteiger partial charge in [0, 0.05) is 34.4 Å². The molecule has 0 aromatic heterocycles. The Morgan fingerprint density at radius 2 is 1.30 bits per heavy atom. The SMILES string of the molecule is COc1ccc(CN(Cc2ccc(OC)cc2)SC(C)C(OC)c2ccc(Br)cc2Br)cc1. The maximum absolute atomic E-state index is 5.95. The topological polar surface area (TPSA) is 30.9 Å². The zero-order chi connectivity index (χ0) is 23.8. The van der Waals surface area contributed by atoms with E-state index in [4.69, 9.17) is 14.2 Å². The molecule has 3 aromatic carbocycles. The van der Waals surface area contributed by atoms with Crippen LogP contribution in [0.5, 0.6) is 11.5 Å². The van der Waals surface area contributed by atoms with Gasteiger partial charge in [-0.2, -0.15) is 0 Å². The highest BCUT2D eigenvalue weighted by molar-refractivity contribution is 9.11. The van der Waals surface area contributed by atoms with Crippen molar-refractivity contribution in [2.24, 2.45) is 0 Å². The predicted molar refractivity (Wildman–Crippen MR) is 144 cm³/mol. The standard InChI is InChI=1S/C26H29Br2NO3S/c1-18(26(32-4)24-14-9-21(27)15-25(24)28)33-29(16-19-5-10-22(30-2)11-6-19)17-20-7-12-23(31-3)13-8-20/h5-15,18,26H,16-17H2,1-4H3. The number of hydrogen-bond donors (Lipinski definition) is 0. The summed E-state index contributed by atoms with van der Waals surface area (Å²) < 4.78 is 21.0. The summed E-state index contributed by atoms with van der Waals surface area (Å²) in [5.74, 6) is 1.72. The van der Waals surface area contributed by atoms with Crippen molar-refractivity contribution in [2.75, 3.05) is 21.3 Å². The highest BCUT2D eigenvalue weighted by atomic mass is 79.9. The lowest BCUT2D eigenvalue weighted by Crippen LogP contribution is -2.23. The first-order chi connectivity index (χ1) is 15.9. The fourth-order valence-electron chi connectivity index (χ4n) is 3.59. The van der Waals surface area contributed by atoms with Gasteiger partial charge in [-0.3, -0.25) is 0 Å². The van der Waals surface area contributed by atoms with E-state index < -0.39 is 0 Å². The van der Waals surface area contributed by atoms with Crippen molar-refractivity contribution in [1.29, 1.82) is 0 Å². The van der Waals surface area contributed by atoms with E-state index in [1.54, 1.807) is 21.3 Å². The molecule has 0 fully saturated rings. The Morgan fingerprint density at radius 3 is 1.73 bits per heavy atom. The molecular weight excluding hydrogens is 566 g/mol. The Balaban J connectivity index is 1.81. The van der Waals surface area contributed by atoms with Crippen LogP contribution in [-0.2, 0) is 17.8 Å². The summed E-state index contributed by atoms with van der Waals surface area (Å²) >= 11 is 9.05. The van der Waals surface area contributed by atoms with Gasteiger partial charge in [0.25, 0.3) is 0 Å². The second kappa shape index (κ2) is 12.8. The highest BCUT2D eigenvalue weighted by Gasteiger charge is 2.25. The van der Waals surface area contributed by atoms with Crippen LogP contribution in [0.1, 0.15) is 29.7 Å². The molecule has 4 nitrogen and oxygen atoms in total. The van der Waals surface area contributed by atoms with Crippen molar-refractivity contribution in [3.63, 3.8) is 0 Å². The van der Waals surface area contributed by atoms with E-state index in [-0.39, 0.29) is 11.4 Å². The lowest BCUT2D eigenvalue weighted by Gasteiger charge is -2.30. The quantitative estimate of drug-likeness (QED) is 0.213. The van der Waals surface area contributed by atoms with Gasteiger partial charge in [0.1, 0.15) is 11.5 Å². The van der Waals surface area contributed by atoms with Crippen molar-refractivity contribution in [3.05, 3.63) is 92.4 Å². The molecule has 0 saturated carbocycles. The maximum Gasteiger partial charge on any atom is 0.118 e. The second-order valence-electron chi connectivity index (χ2n) is 7.63. The summed E-state index contributed by atoms with van der Waals surface area (Å²) in [6.07, 6.45) is -0.0632. The van der Waals surface area contributed by atoms with Crippen LogP contribution in [-0.4, -0.2) is 30.9 Å². The molecule has 0 saturated heterocycles. The first-order valence-corrected chi connectivity index (χ1v) is 13.0. The van der Waals surface area contributed by atoms with Crippen LogP contribution in [0.4, 0.5) is 0 Å². The predicted octanol–water partition coefficient (Wildman–Crippen LogP) is 7.66. The third kappa shape index (κ3) is 7.49. The summed E-state index contributed by atoms with van der Waals surface area (Å²) in [6, 6.07) is 22.7. The zero-order valence-electron chi connectivity index (χ0n) is 19.3. The van der Waals surface area contributed by atoms with Crippen LogP contribution >= 0.6 is 43.8 Å². The second-order valence-corrected chi connectivity index (χ2v) is 10.9. The molecule has 0 aliphatic carbocycles. The summed E-state index contributed by atoms with van der Waals surface area (Å²) in [6.45, 7) is 3.80. The summed E-state index contributed by atoms with van der Waals surface area (Å²) in [7, 11) is 5.15. The molecular formula is C26H29Br2NO3S. The van der Waals surface area contributed by atoms with Crippen molar-refractivity contribution in [3.8, 4) is 11.5 Å².